The smallest absolute Gasteiger partial charge is 0.264 e. The van der Waals surface area contributed by atoms with Gasteiger partial charge in [-0.05, 0) is 56.0 Å². The lowest BCUT2D eigenvalue weighted by molar-refractivity contribution is 0.0753. The fourth-order valence-electron chi connectivity index (χ4n) is 3.33. The number of nitrogens with zero attached hydrogens (tertiary/aromatic N) is 2. The first-order valence-corrected chi connectivity index (χ1v) is 9.84. The van der Waals surface area contributed by atoms with Crippen molar-refractivity contribution in [3.8, 4) is 0 Å². The van der Waals surface area contributed by atoms with Crippen LogP contribution in [0.1, 0.15) is 39.3 Å². The first-order valence-electron chi connectivity index (χ1n) is 8.64. The molecule has 26 heavy (non-hydrogen) atoms. The number of amides is 1. The van der Waals surface area contributed by atoms with Crippen LogP contribution in [0.5, 0.6) is 0 Å². The number of rotatable bonds is 4. The predicted molar refractivity (Wildman–Crippen MR) is 104 cm³/mol. The standard InChI is InChI=1S/C19H18ClN3O2S/c1-2-23(19(25)16-8-11-4-3-5-15(11)26-16)10-17-21-14-9-12(20)6-7-13(14)18(24)22-17/h6-9H,2-5,10H2,1H3,(H,21,22,24). The van der Waals surface area contributed by atoms with Crippen LogP contribution in [0.25, 0.3) is 10.9 Å². The molecule has 1 aliphatic carbocycles. The van der Waals surface area contributed by atoms with E-state index in [0.717, 1.165) is 17.7 Å². The number of hydrogen-bond donors (Lipinski definition) is 1. The number of aryl methyl sites for hydroxylation is 2. The minimum Gasteiger partial charge on any atom is -0.331 e. The van der Waals surface area contributed by atoms with Crippen molar-refractivity contribution < 1.29 is 4.79 Å². The molecule has 1 amide bonds. The van der Waals surface area contributed by atoms with E-state index in [1.807, 2.05) is 13.0 Å². The number of H-pyrrole nitrogens is 1. The van der Waals surface area contributed by atoms with Crippen LogP contribution in [0.2, 0.25) is 5.02 Å². The summed E-state index contributed by atoms with van der Waals surface area (Å²) in [6, 6.07) is 7.01. The number of nitrogens with one attached hydrogen (secondary N) is 1. The lowest BCUT2D eigenvalue weighted by Crippen LogP contribution is -2.31. The van der Waals surface area contributed by atoms with Gasteiger partial charge in [-0.2, -0.15) is 0 Å². The summed E-state index contributed by atoms with van der Waals surface area (Å²) in [7, 11) is 0. The van der Waals surface area contributed by atoms with E-state index in [1.165, 1.54) is 16.9 Å². The molecule has 4 rings (SSSR count). The molecule has 0 spiro atoms. The molecule has 2 heterocycles. The van der Waals surface area contributed by atoms with Gasteiger partial charge in [-0.15, -0.1) is 11.3 Å². The molecule has 0 aliphatic heterocycles. The molecule has 2 aromatic heterocycles. The number of carbonyl (C=O) groups is 1. The van der Waals surface area contributed by atoms with Crippen molar-refractivity contribution in [3.63, 3.8) is 0 Å². The van der Waals surface area contributed by atoms with Gasteiger partial charge in [-0.1, -0.05) is 11.6 Å². The highest BCUT2D eigenvalue weighted by Crippen LogP contribution is 2.31. The SMILES string of the molecule is CCN(Cc1nc2cc(Cl)ccc2c(=O)[nH]1)C(=O)c1cc2c(s1)CCC2. The molecule has 0 fully saturated rings. The van der Waals surface area contributed by atoms with Gasteiger partial charge >= 0.3 is 0 Å². The fraction of sp³-hybridized carbons (Fsp3) is 0.316. The van der Waals surface area contributed by atoms with E-state index >= 15 is 0 Å². The summed E-state index contributed by atoms with van der Waals surface area (Å²) >= 11 is 7.60. The van der Waals surface area contributed by atoms with Gasteiger partial charge < -0.3 is 9.88 Å². The van der Waals surface area contributed by atoms with E-state index in [2.05, 4.69) is 9.97 Å². The molecule has 3 aromatic rings. The summed E-state index contributed by atoms with van der Waals surface area (Å²) in [6.07, 6.45) is 3.31. The molecule has 0 unspecified atom stereocenters. The average Bonchev–Trinajstić information content (AvgIpc) is 3.20. The second-order valence-electron chi connectivity index (χ2n) is 6.41. The van der Waals surface area contributed by atoms with Crippen LogP contribution in [-0.2, 0) is 19.4 Å². The average molecular weight is 388 g/mol. The van der Waals surface area contributed by atoms with Gasteiger partial charge in [0.15, 0.2) is 0 Å². The number of fused-ring (bicyclic) bond motifs is 2. The first kappa shape index (κ1) is 17.2. The van der Waals surface area contributed by atoms with E-state index in [4.69, 9.17) is 11.6 Å². The van der Waals surface area contributed by atoms with Gasteiger partial charge in [-0.3, -0.25) is 9.59 Å². The number of hydrogen-bond acceptors (Lipinski definition) is 4. The van der Waals surface area contributed by atoms with E-state index in [9.17, 15) is 9.59 Å². The molecular weight excluding hydrogens is 370 g/mol. The highest BCUT2D eigenvalue weighted by atomic mass is 35.5. The van der Waals surface area contributed by atoms with Crippen LogP contribution < -0.4 is 5.56 Å². The summed E-state index contributed by atoms with van der Waals surface area (Å²) in [5, 5.41) is 1.01. The topological polar surface area (TPSA) is 66.1 Å². The third-order valence-corrected chi connectivity index (χ3v) is 6.14. The Labute approximate surface area is 159 Å². The van der Waals surface area contributed by atoms with Crippen molar-refractivity contribution in [1.82, 2.24) is 14.9 Å². The molecule has 0 bridgehead atoms. The maximum absolute atomic E-state index is 12.9. The van der Waals surface area contributed by atoms with E-state index in [-0.39, 0.29) is 18.0 Å². The summed E-state index contributed by atoms with van der Waals surface area (Å²) in [4.78, 5) is 36.2. The number of aromatic nitrogens is 2. The second kappa shape index (κ2) is 6.85. The van der Waals surface area contributed by atoms with Crippen LogP contribution in [0.15, 0.2) is 29.1 Å². The molecule has 0 saturated heterocycles. The Bertz CT molecular complexity index is 1040. The summed E-state index contributed by atoms with van der Waals surface area (Å²) in [5.41, 5.74) is 1.62. The van der Waals surface area contributed by atoms with Crippen LogP contribution in [0.3, 0.4) is 0 Å². The van der Waals surface area contributed by atoms with Crippen LogP contribution >= 0.6 is 22.9 Å². The van der Waals surface area contributed by atoms with Crippen LogP contribution in [-0.4, -0.2) is 27.3 Å². The first-order chi connectivity index (χ1) is 12.5. The Kier molecular flexibility index (Phi) is 4.54. The third kappa shape index (κ3) is 3.15. The highest BCUT2D eigenvalue weighted by Gasteiger charge is 2.22. The Morgan fingerprint density at radius 1 is 1.35 bits per heavy atom. The molecule has 5 nitrogen and oxygen atoms in total. The second-order valence-corrected chi connectivity index (χ2v) is 7.98. The Balaban J connectivity index is 1.62. The third-order valence-electron chi connectivity index (χ3n) is 4.68. The normalized spacial score (nSPS) is 13.2. The molecule has 1 aromatic carbocycles. The lowest BCUT2D eigenvalue weighted by atomic mass is 10.2. The van der Waals surface area contributed by atoms with Crippen molar-refractivity contribution in [2.45, 2.75) is 32.7 Å². The maximum Gasteiger partial charge on any atom is 0.264 e. The fourth-order valence-corrected chi connectivity index (χ4v) is 4.72. The van der Waals surface area contributed by atoms with E-state index < -0.39 is 0 Å². The number of benzene rings is 1. The Hall–Kier alpha value is -2.18. The minimum atomic E-state index is -0.222. The van der Waals surface area contributed by atoms with E-state index in [0.29, 0.717) is 28.3 Å². The lowest BCUT2D eigenvalue weighted by Gasteiger charge is -2.19. The zero-order chi connectivity index (χ0) is 18.3. The largest absolute Gasteiger partial charge is 0.331 e. The van der Waals surface area contributed by atoms with Gasteiger partial charge in [0.2, 0.25) is 0 Å². The highest BCUT2D eigenvalue weighted by molar-refractivity contribution is 7.14. The van der Waals surface area contributed by atoms with Gasteiger partial charge in [0.25, 0.3) is 11.5 Å². The molecule has 0 saturated carbocycles. The van der Waals surface area contributed by atoms with Crippen molar-refractivity contribution in [1.29, 1.82) is 0 Å². The molecule has 1 N–H and O–H groups in total. The van der Waals surface area contributed by atoms with Gasteiger partial charge in [-0.25, -0.2) is 4.98 Å². The molecule has 1 aliphatic rings. The molecule has 0 atom stereocenters. The Morgan fingerprint density at radius 2 is 2.19 bits per heavy atom. The number of aromatic amines is 1. The number of thiophene rings is 1. The van der Waals surface area contributed by atoms with E-state index in [1.54, 1.807) is 34.4 Å². The molecule has 0 radical (unpaired) electrons. The zero-order valence-electron chi connectivity index (χ0n) is 14.3. The van der Waals surface area contributed by atoms with Crippen LogP contribution in [0.4, 0.5) is 0 Å². The predicted octanol–water partition coefficient (Wildman–Crippen LogP) is 3.79. The van der Waals surface area contributed by atoms with Crippen molar-refractivity contribution in [3.05, 3.63) is 60.8 Å². The van der Waals surface area contributed by atoms with Crippen molar-refractivity contribution >= 4 is 39.7 Å². The maximum atomic E-state index is 12.9. The van der Waals surface area contributed by atoms with Gasteiger partial charge in [0, 0.05) is 16.4 Å². The minimum absolute atomic E-state index is 0.0132. The van der Waals surface area contributed by atoms with Crippen molar-refractivity contribution in [2.75, 3.05) is 6.54 Å². The number of carbonyl (C=O) groups excluding carboxylic acids is 1. The summed E-state index contributed by atoms with van der Waals surface area (Å²) < 4.78 is 0. The summed E-state index contributed by atoms with van der Waals surface area (Å²) in [6.45, 7) is 2.73. The quantitative estimate of drug-likeness (QED) is 0.740. The molecule has 134 valence electrons. The molecule has 7 heteroatoms. The zero-order valence-corrected chi connectivity index (χ0v) is 15.9. The molecular formula is C19H18ClN3O2S. The Morgan fingerprint density at radius 3 is 2.96 bits per heavy atom. The number of halogens is 1. The van der Waals surface area contributed by atoms with Gasteiger partial charge in [0.05, 0.1) is 22.3 Å². The van der Waals surface area contributed by atoms with Crippen molar-refractivity contribution in [2.24, 2.45) is 0 Å². The van der Waals surface area contributed by atoms with Crippen LogP contribution in [0, 0.1) is 0 Å². The monoisotopic (exact) mass is 387 g/mol. The summed E-state index contributed by atoms with van der Waals surface area (Å²) in [5.74, 6) is 0.449. The van der Waals surface area contributed by atoms with Gasteiger partial charge in [0.1, 0.15) is 5.82 Å².